The molecule has 0 unspecified atom stereocenters. The van der Waals surface area contributed by atoms with Crippen LogP contribution in [0, 0.1) is 39.0 Å². The molecule has 5 aromatic heterocycles. The zero-order chi connectivity index (χ0) is 50.9. The van der Waals surface area contributed by atoms with Crippen molar-refractivity contribution in [3.63, 3.8) is 0 Å². The number of hydrogen-bond donors (Lipinski definition) is 0. The van der Waals surface area contributed by atoms with Crippen LogP contribution < -0.4 is 0 Å². The van der Waals surface area contributed by atoms with Gasteiger partial charge in [0.15, 0.2) is 0 Å². The van der Waals surface area contributed by atoms with E-state index in [0.717, 1.165) is 144 Å². The van der Waals surface area contributed by atoms with Crippen LogP contribution in [-0.4, -0.2) is 23.3 Å². The number of para-hydroxylation sites is 4. The van der Waals surface area contributed by atoms with Crippen LogP contribution in [0.15, 0.2) is 218 Å². The van der Waals surface area contributed by atoms with Crippen molar-refractivity contribution in [2.45, 2.75) is 27.7 Å². The Morgan fingerprint density at radius 2 is 0.645 bits per heavy atom. The minimum Gasteiger partial charge on any atom is -0.307 e. The average Bonchev–Trinajstić information content (AvgIpc) is 4.36. The second-order valence-electron chi connectivity index (χ2n) is 20.5. The first-order valence-electron chi connectivity index (χ1n) is 26.0. The second-order valence-corrected chi connectivity index (χ2v) is 20.5. The summed E-state index contributed by atoms with van der Waals surface area (Å²) in [6.45, 7) is 8.66. The third kappa shape index (κ3) is 6.23. The Hall–Kier alpha value is -9.96. The minimum absolute atomic E-state index is 0.516. The molecule has 6 heteroatoms. The first-order valence-corrected chi connectivity index (χ1v) is 26.0. The van der Waals surface area contributed by atoms with Crippen molar-refractivity contribution in [3.8, 4) is 51.3 Å². The van der Waals surface area contributed by atoms with E-state index in [1.807, 2.05) is 6.07 Å². The van der Waals surface area contributed by atoms with Crippen LogP contribution in [0.2, 0.25) is 0 Å². The number of nitriles is 1. The lowest BCUT2D eigenvalue weighted by atomic mass is 9.95. The van der Waals surface area contributed by atoms with Crippen molar-refractivity contribution in [1.82, 2.24) is 23.3 Å². The molecular formula is C70H48N6. The predicted octanol–water partition coefficient (Wildman–Crippen LogP) is 17.9. The summed E-state index contributed by atoms with van der Waals surface area (Å²) in [5.74, 6) is 0. The Bertz CT molecular complexity index is 4990. The van der Waals surface area contributed by atoms with Crippen LogP contribution in [0.25, 0.3) is 132 Å². The molecule has 0 saturated heterocycles. The fraction of sp³-hybridized carbons (Fsp3) is 0.0571. The molecule has 358 valence electrons. The molecule has 76 heavy (non-hydrogen) atoms. The van der Waals surface area contributed by atoms with Crippen molar-refractivity contribution in [1.29, 1.82) is 5.26 Å². The van der Waals surface area contributed by atoms with Gasteiger partial charge in [-0.05, 0) is 113 Å². The van der Waals surface area contributed by atoms with Gasteiger partial charge in [-0.25, -0.2) is 4.98 Å². The largest absolute Gasteiger partial charge is 0.307 e. The molecule has 15 aromatic rings. The number of nitrogens with zero attached hydrogens (tertiary/aromatic N) is 6. The van der Waals surface area contributed by atoms with E-state index in [4.69, 9.17) is 4.98 Å². The van der Waals surface area contributed by atoms with Gasteiger partial charge in [0, 0.05) is 48.7 Å². The Kier molecular flexibility index (Phi) is 9.48. The third-order valence-corrected chi connectivity index (χ3v) is 15.8. The lowest BCUT2D eigenvalue weighted by Gasteiger charge is -2.29. The molecule has 0 spiro atoms. The molecule has 5 heterocycles. The smallest absolute Gasteiger partial charge is 0.104 e. The molecule has 0 atom stereocenters. The van der Waals surface area contributed by atoms with Gasteiger partial charge < -0.3 is 18.3 Å². The fourth-order valence-electron chi connectivity index (χ4n) is 12.6. The van der Waals surface area contributed by atoms with E-state index in [9.17, 15) is 5.26 Å². The van der Waals surface area contributed by atoms with Crippen molar-refractivity contribution >= 4 is 87.2 Å². The molecule has 0 aliphatic carbocycles. The van der Waals surface area contributed by atoms with E-state index in [-0.39, 0.29) is 0 Å². The molecule has 0 radical (unpaired) electrons. The normalized spacial score (nSPS) is 11.9. The van der Waals surface area contributed by atoms with Gasteiger partial charge >= 0.3 is 0 Å². The van der Waals surface area contributed by atoms with Gasteiger partial charge in [-0.2, -0.15) is 5.26 Å². The van der Waals surface area contributed by atoms with Gasteiger partial charge in [-0.15, -0.1) is 0 Å². The summed E-state index contributed by atoms with van der Waals surface area (Å²) < 4.78 is 9.72. The van der Waals surface area contributed by atoms with Gasteiger partial charge in [-0.1, -0.05) is 156 Å². The van der Waals surface area contributed by atoms with Crippen LogP contribution in [0.5, 0.6) is 0 Å². The highest BCUT2D eigenvalue weighted by Crippen LogP contribution is 2.52. The summed E-state index contributed by atoms with van der Waals surface area (Å²) in [6.07, 6.45) is 0. The summed E-state index contributed by atoms with van der Waals surface area (Å²) in [5.41, 5.74) is 20.0. The molecule has 0 bridgehead atoms. The number of aromatic nitrogens is 5. The summed E-state index contributed by atoms with van der Waals surface area (Å²) in [4.78, 5) is 5.79. The Morgan fingerprint density at radius 3 is 1.07 bits per heavy atom. The van der Waals surface area contributed by atoms with E-state index in [1.165, 1.54) is 11.1 Å². The number of fused-ring (bicyclic) bond motifs is 12. The Morgan fingerprint density at radius 1 is 0.303 bits per heavy atom. The van der Waals surface area contributed by atoms with E-state index >= 15 is 0 Å². The summed E-state index contributed by atoms with van der Waals surface area (Å²) in [5, 5.41) is 21.8. The van der Waals surface area contributed by atoms with Gasteiger partial charge in [0.25, 0.3) is 0 Å². The molecule has 15 rings (SSSR count). The Balaban J connectivity index is 1.31. The Labute approximate surface area is 438 Å². The average molecular weight is 973 g/mol. The summed E-state index contributed by atoms with van der Waals surface area (Å²) in [6, 6.07) is 81.8. The summed E-state index contributed by atoms with van der Waals surface area (Å²) >= 11 is 0. The highest BCUT2D eigenvalue weighted by atomic mass is 15.1. The van der Waals surface area contributed by atoms with Crippen molar-refractivity contribution in [2.75, 3.05) is 0 Å². The quantitative estimate of drug-likeness (QED) is 0.167. The molecule has 0 N–H and O–H groups in total. The zero-order valence-corrected chi connectivity index (χ0v) is 42.5. The zero-order valence-electron chi connectivity index (χ0n) is 42.5. The van der Waals surface area contributed by atoms with Crippen LogP contribution in [0.3, 0.4) is 0 Å². The maximum absolute atomic E-state index is 12.8. The fourth-order valence-corrected chi connectivity index (χ4v) is 12.6. The lowest BCUT2D eigenvalue weighted by Crippen LogP contribution is -2.16. The van der Waals surface area contributed by atoms with E-state index in [2.05, 4.69) is 264 Å². The topological polar surface area (TPSA) is 56.4 Å². The van der Waals surface area contributed by atoms with Crippen LogP contribution in [0.4, 0.5) is 0 Å². The molecule has 0 aliphatic rings. The molecule has 0 saturated carbocycles. The first-order chi connectivity index (χ1) is 37.3. The summed E-state index contributed by atoms with van der Waals surface area (Å²) in [7, 11) is 0. The van der Waals surface area contributed by atoms with E-state index in [1.54, 1.807) is 0 Å². The van der Waals surface area contributed by atoms with E-state index in [0.29, 0.717) is 5.56 Å². The van der Waals surface area contributed by atoms with Crippen LogP contribution in [-0.2, 0) is 0 Å². The van der Waals surface area contributed by atoms with Crippen molar-refractivity contribution < 1.29 is 0 Å². The number of benzene rings is 10. The number of rotatable bonds is 6. The SMILES string of the molecule is Cc1ccc2c(c1)c1ccccc1n2-c1c(C#N)c(-n2c3ccccc3c3cc(C)ccc32)c(-n2c3ccccc3c3cc(C)ccc32)c(-n2c3ccccc3c3cc(C)ccc32)c1-c1cccc(-c2ccccc2)n1. The van der Waals surface area contributed by atoms with Crippen molar-refractivity contribution in [2.24, 2.45) is 0 Å². The molecule has 0 fully saturated rings. The molecule has 6 nitrogen and oxygen atoms in total. The first kappa shape index (κ1) is 43.6. The molecule has 0 amide bonds. The second kappa shape index (κ2) is 16.5. The van der Waals surface area contributed by atoms with Crippen LogP contribution in [0.1, 0.15) is 27.8 Å². The highest BCUT2D eigenvalue weighted by molar-refractivity contribution is 6.17. The van der Waals surface area contributed by atoms with Crippen LogP contribution >= 0.6 is 0 Å². The third-order valence-electron chi connectivity index (χ3n) is 15.8. The van der Waals surface area contributed by atoms with Gasteiger partial charge in [0.05, 0.1) is 83.8 Å². The number of aryl methyl sites for hydroxylation is 4. The molecule has 10 aromatic carbocycles. The maximum atomic E-state index is 12.8. The van der Waals surface area contributed by atoms with Crippen molar-refractivity contribution in [3.05, 3.63) is 246 Å². The minimum atomic E-state index is 0.516. The number of hydrogen-bond acceptors (Lipinski definition) is 2. The van der Waals surface area contributed by atoms with Gasteiger partial charge in [-0.3, -0.25) is 0 Å². The molecular weight excluding hydrogens is 925 g/mol. The number of pyridine rings is 1. The van der Waals surface area contributed by atoms with E-state index < -0.39 is 0 Å². The maximum Gasteiger partial charge on any atom is 0.104 e. The lowest BCUT2D eigenvalue weighted by molar-refractivity contribution is 1.03. The monoisotopic (exact) mass is 972 g/mol. The molecule has 0 aliphatic heterocycles. The van der Waals surface area contributed by atoms with Gasteiger partial charge in [0.2, 0.25) is 0 Å². The highest BCUT2D eigenvalue weighted by Gasteiger charge is 2.35. The van der Waals surface area contributed by atoms with Gasteiger partial charge in [0.1, 0.15) is 11.6 Å². The predicted molar refractivity (Wildman–Crippen MR) is 316 cm³/mol. The standard InChI is InChI=1S/C70H48N6/c1-42-29-33-62-51(37-42)47-19-8-12-25-58(47)73(62)67-55(41-71)68(74-59-26-13-9-20-48(59)52-38-43(2)30-34-63(52)74)70(76-61-28-15-11-22-50(61)54-40-45(4)32-36-65(54)76)69(66(67)57-24-16-23-56(72-57)46-17-6-5-7-18-46)75-60-27-14-10-21-49(60)53-39-44(3)31-35-64(53)75/h5-40H,1-4H3.